The molecule has 1 heterocycles. The third-order valence-electron chi connectivity index (χ3n) is 2.45. The van der Waals surface area contributed by atoms with Crippen LogP contribution in [-0.4, -0.2) is 23.2 Å². The SMILES string of the molecule is CCCC(C)COc1cc(Cl)nc(COCC)n1. The van der Waals surface area contributed by atoms with Gasteiger partial charge in [0.25, 0.3) is 0 Å². The summed E-state index contributed by atoms with van der Waals surface area (Å²) in [4.78, 5) is 8.34. The second kappa shape index (κ2) is 8.27. The molecule has 0 saturated carbocycles. The Hall–Kier alpha value is -0.870. The van der Waals surface area contributed by atoms with Crippen LogP contribution in [0.3, 0.4) is 0 Å². The zero-order valence-corrected chi connectivity index (χ0v) is 12.0. The first-order valence-corrected chi connectivity index (χ1v) is 6.77. The van der Waals surface area contributed by atoms with Gasteiger partial charge in [-0.2, -0.15) is 4.98 Å². The van der Waals surface area contributed by atoms with Crippen LogP contribution in [0.5, 0.6) is 5.88 Å². The Kier molecular flexibility index (Phi) is 6.98. The highest BCUT2D eigenvalue weighted by Crippen LogP contribution is 2.16. The van der Waals surface area contributed by atoms with E-state index in [-0.39, 0.29) is 0 Å². The van der Waals surface area contributed by atoms with Crippen LogP contribution in [0, 0.1) is 5.92 Å². The van der Waals surface area contributed by atoms with Gasteiger partial charge in [-0.25, -0.2) is 4.98 Å². The van der Waals surface area contributed by atoms with Crippen molar-refractivity contribution in [3.05, 3.63) is 17.0 Å². The molecule has 0 N–H and O–H groups in total. The average Bonchev–Trinajstić information content (AvgIpc) is 2.34. The van der Waals surface area contributed by atoms with Crippen molar-refractivity contribution in [1.29, 1.82) is 0 Å². The summed E-state index contributed by atoms with van der Waals surface area (Å²) in [5.41, 5.74) is 0. The molecule has 0 fully saturated rings. The van der Waals surface area contributed by atoms with E-state index in [1.165, 1.54) is 0 Å². The lowest BCUT2D eigenvalue weighted by molar-refractivity contribution is 0.127. The van der Waals surface area contributed by atoms with E-state index in [9.17, 15) is 0 Å². The van der Waals surface area contributed by atoms with Crippen LogP contribution >= 0.6 is 11.6 Å². The molecule has 1 aromatic rings. The van der Waals surface area contributed by atoms with E-state index in [4.69, 9.17) is 21.1 Å². The largest absolute Gasteiger partial charge is 0.477 e. The fraction of sp³-hybridized carbons (Fsp3) is 0.692. The van der Waals surface area contributed by atoms with Gasteiger partial charge in [0.1, 0.15) is 11.8 Å². The molecule has 0 radical (unpaired) electrons. The van der Waals surface area contributed by atoms with Gasteiger partial charge in [-0.05, 0) is 19.3 Å². The Balaban J connectivity index is 2.56. The van der Waals surface area contributed by atoms with Crippen LogP contribution in [-0.2, 0) is 11.3 Å². The highest BCUT2D eigenvalue weighted by molar-refractivity contribution is 6.29. The molecule has 1 rings (SSSR count). The lowest BCUT2D eigenvalue weighted by atomic mass is 10.1. The van der Waals surface area contributed by atoms with Crippen LogP contribution in [0.2, 0.25) is 5.15 Å². The number of hydrogen-bond acceptors (Lipinski definition) is 4. The van der Waals surface area contributed by atoms with E-state index in [0.717, 1.165) is 12.8 Å². The summed E-state index contributed by atoms with van der Waals surface area (Å²) >= 11 is 5.92. The molecular weight excluding hydrogens is 252 g/mol. The van der Waals surface area contributed by atoms with E-state index in [0.29, 0.717) is 42.6 Å². The second-order valence-electron chi connectivity index (χ2n) is 4.29. The van der Waals surface area contributed by atoms with Crippen LogP contribution in [0.25, 0.3) is 0 Å². The summed E-state index contributed by atoms with van der Waals surface area (Å²) in [6.07, 6.45) is 2.30. The van der Waals surface area contributed by atoms with Crippen molar-refractivity contribution in [2.75, 3.05) is 13.2 Å². The first kappa shape index (κ1) is 15.2. The Labute approximate surface area is 114 Å². The molecule has 0 saturated heterocycles. The minimum absolute atomic E-state index is 0.359. The number of aromatic nitrogens is 2. The maximum absolute atomic E-state index is 5.92. The molecule has 4 nitrogen and oxygen atoms in total. The van der Waals surface area contributed by atoms with Crippen molar-refractivity contribution in [3.8, 4) is 5.88 Å². The third-order valence-corrected chi connectivity index (χ3v) is 2.64. The van der Waals surface area contributed by atoms with Gasteiger partial charge in [0.2, 0.25) is 5.88 Å². The number of ether oxygens (including phenoxy) is 2. The highest BCUT2D eigenvalue weighted by Gasteiger charge is 2.07. The lowest BCUT2D eigenvalue weighted by Gasteiger charge is -2.12. The van der Waals surface area contributed by atoms with Gasteiger partial charge in [-0.3, -0.25) is 0 Å². The molecule has 5 heteroatoms. The number of halogens is 1. The summed E-state index contributed by atoms with van der Waals surface area (Å²) in [6, 6.07) is 1.63. The van der Waals surface area contributed by atoms with Crippen molar-refractivity contribution in [2.24, 2.45) is 5.92 Å². The lowest BCUT2D eigenvalue weighted by Crippen LogP contribution is -2.10. The van der Waals surface area contributed by atoms with Gasteiger partial charge in [-0.1, -0.05) is 31.9 Å². The predicted octanol–water partition coefficient (Wildman–Crippen LogP) is 3.48. The Morgan fingerprint density at radius 3 is 2.78 bits per heavy atom. The van der Waals surface area contributed by atoms with Gasteiger partial charge in [0.15, 0.2) is 5.82 Å². The van der Waals surface area contributed by atoms with Crippen molar-refractivity contribution in [2.45, 2.75) is 40.2 Å². The molecule has 1 aromatic heterocycles. The molecule has 0 aliphatic heterocycles. The second-order valence-corrected chi connectivity index (χ2v) is 4.67. The number of nitrogens with zero attached hydrogens (tertiary/aromatic N) is 2. The molecule has 0 aliphatic carbocycles. The predicted molar refractivity (Wildman–Crippen MR) is 71.9 cm³/mol. The fourth-order valence-corrected chi connectivity index (χ4v) is 1.77. The van der Waals surface area contributed by atoms with Crippen molar-refractivity contribution >= 4 is 11.6 Å². The maximum atomic E-state index is 5.92. The quantitative estimate of drug-likeness (QED) is 0.680. The maximum Gasteiger partial charge on any atom is 0.218 e. The standard InChI is InChI=1S/C13H21ClN2O2/c1-4-6-10(3)8-18-13-7-11(14)15-12(16-13)9-17-5-2/h7,10H,4-6,8-9H2,1-3H3. The first-order chi connectivity index (χ1) is 8.65. The molecule has 18 heavy (non-hydrogen) atoms. The van der Waals surface area contributed by atoms with E-state index in [1.54, 1.807) is 6.07 Å². The van der Waals surface area contributed by atoms with Crippen LogP contribution in [0.4, 0.5) is 0 Å². The van der Waals surface area contributed by atoms with E-state index < -0.39 is 0 Å². The van der Waals surface area contributed by atoms with Crippen LogP contribution in [0.15, 0.2) is 6.07 Å². The van der Waals surface area contributed by atoms with Crippen molar-refractivity contribution in [3.63, 3.8) is 0 Å². The van der Waals surface area contributed by atoms with Gasteiger partial charge in [-0.15, -0.1) is 0 Å². The zero-order valence-electron chi connectivity index (χ0n) is 11.3. The molecule has 0 spiro atoms. The summed E-state index contributed by atoms with van der Waals surface area (Å²) in [5.74, 6) is 1.59. The van der Waals surface area contributed by atoms with Crippen LogP contribution in [0.1, 0.15) is 39.4 Å². The Morgan fingerprint density at radius 1 is 1.33 bits per heavy atom. The fourth-order valence-electron chi connectivity index (χ4n) is 1.58. The summed E-state index contributed by atoms with van der Waals surface area (Å²) < 4.78 is 10.9. The van der Waals surface area contributed by atoms with Crippen LogP contribution < -0.4 is 4.74 Å². The molecule has 1 atom stereocenters. The molecule has 0 bridgehead atoms. The normalized spacial score (nSPS) is 12.4. The number of rotatable bonds is 8. The molecule has 102 valence electrons. The van der Waals surface area contributed by atoms with Crippen molar-refractivity contribution < 1.29 is 9.47 Å². The summed E-state index contributed by atoms with van der Waals surface area (Å²) in [5, 5.41) is 0.387. The smallest absolute Gasteiger partial charge is 0.218 e. The van der Waals surface area contributed by atoms with E-state index in [1.807, 2.05) is 6.92 Å². The van der Waals surface area contributed by atoms with Gasteiger partial charge < -0.3 is 9.47 Å². The molecule has 0 aromatic carbocycles. The van der Waals surface area contributed by atoms with E-state index in [2.05, 4.69) is 23.8 Å². The molecule has 1 unspecified atom stereocenters. The molecular formula is C13H21ClN2O2. The molecule has 0 amide bonds. The average molecular weight is 273 g/mol. The Bertz CT molecular complexity index is 361. The van der Waals surface area contributed by atoms with Crippen molar-refractivity contribution in [1.82, 2.24) is 9.97 Å². The number of hydrogen-bond donors (Lipinski definition) is 0. The minimum atomic E-state index is 0.359. The van der Waals surface area contributed by atoms with Gasteiger partial charge in [0.05, 0.1) is 6.61 Å². The third kappa shape index (κ3) is 5.65. The summed E-state index contributed by atoms with van der Waals surface area (Å²) in [7, 11) is 0. The van der Waals surface area contributed by atoms with Gasteiger partial charge >= 0.3 is 0 Å². The summed E-state index contributed by atoms with van der Waals surface area (Å²) in [6.45, 7) is 7.88. The highest BCUT2D eigenvalue weighted by atomic mass is 35.5. The zero-order chi connectivity index (χ0) is 13.4. The first-order valence-electron chi connectivity index (χ1n) is 6.39. The topological polar surface area (TPSA) is 44.2 Å². The molecule has 0 aliphatic rings. The monoisotopic (exact) mass is 272 g/mol. The minimum Gasteiger partial charge on any atom is -0.477 e. The van der Waals surface area contributed by atoms with Gasteiger partial charge in [0, 0.05) is 12.7 Å². The Morgan fingerprint density at radius 2 is 2.11 bits per heavy atom. The van der Waals surface area contributed by atoms with E-state index >= 15 is 0 Å².